The van der Waals surface area contributed by atoms with Crippen molar-refractivity contribution in [3.63, 3.8) is 0 Å². The van der Waals surface area contributed by atoms with Crippen LogP contribution in [0.5, 0.6) is 0 Å². The standard InChI is InChI=1S/C20H25N3O7/c1-3-13-16(19(27)29-4-2)14(22-20(28)21-13)10-30-15(24)9-23-17(25)11-7-5-6-8-12(11)18(23)26/h5-6,11-13H,3-4,7-10H2,1-2H3,(H2,21,22,28)/t11-,12+,13-/m0/s1. The molecular formula is C20H25N3O7. The predicted octanol–water partition coefficient (Wildman–Crippen LogP) is 0.389. The number of urea groups is 1. The molecule has 0 unspecified atom stereocenters. The number of esters is 2. The number of nitrogens with zero attached hydrogens (tertiary/aromatic N) is 1. The molecule has 10 nitrogen and oxygen atoms in total. The molecule has 162 valence electrons. The Morgan fingerprint density at radius 1 is 1.07 bits per heavy atom. The number of amides is 4. The fourth-order valence-electron chi connectivity index (χ4n) is 3.93. The summed E-state index contributed by atoms with van der Waals surface area (Å²) in [6, 6.07) is -1.11. The molecule has 0 saturated carbocycles. The van der Waals surface area contributed by atoms with Gasteiger partial charge in [0, 0.05) is 0 Å². The minimum absolute atomic E-state index is 0.120. The average Bonchev–Trinajstić information content (AvgIpc) is 2.97. The summed E-state index contributed by atoms with van der Waals surface area (Å²) in [5.41, 5.74) is 0.298. The number of rotatable bonds is 7. The highest BCUT2D eigenvalue weighted by atomic mass is 16.5. The number of likely N-dealkylation sites (tertiary alicyclic amines) is 1. The van der Waals surface area contributed by atoms with E-state index in [0.29, 0.717) is 19.3 Å². The van der Waals surface area contributed by atoms with Crippen LogP contribution in [0.3, 0.4) is 0 Å². The number of nitrogens with one attached hydrogen (secondary N) is 2. The van der Waals surface area contributed by atoms with E-state index in [1.165, 1.54) is 0 Å². The third-order valence-corrected chi connectivity index (χ3v) is 5.41. The van der Waals surface area contributed by atoms with Crippen LogP contribution in [0.15, 0.2) is 23.4 Å². The lowest BCUT2D eigenvalue weighted by Crippen LogP contribution is -2.51. The Hall–Kier alpha value is -3.17. The number of imide groups is 1. The number of carbonyl (C=O) groups excluding carboxylic acids is 5. The number of hydrogen-bond donors (Lipinski definition) is 2. The van der Waals surface area contributed by atoms with Crippen molar-refractivity contribution in [2.45, 2.75) is 39.2 Å². The molecule has 0 bridgehead atoms. The van der Waals surface area contributed by atoms with E-state index in [4.69, 9.17) is 9.47 Å². The van der Waals surface area contributed by atoms with Gasteiger partial charge in [0.25, 0.3) is 0 Å². The van der Waals surface area contributed by atoms with Crippen LogP contribution in [0.25, 0.3) is 0 Å². The molecule has 30 heavy (non-hydrogen) atoms. The van der Waals surface area contributed by atoms with Crippen molar-refractivity contribution in [1.82, 2.24) is 15.5 Å². The first-order valence-corrected chi connectivity index (χ1v) is 10.0. The summed E-state index contributed by atoms with van der Waals surface area (Å²) in [4.78, 5) is 62.4. The van der Waals surface area contributed by atoms with E-state index in [1.54, 1.807) is 13.8 Å². The van der Waals surface area contributed by atoms with Crippen molar-refractivity contribution in [3.05, 3.63) is 23.4 Å². The Morgan fingerprint density at radius 2 is 1.70 bits per heavy atom. The molecule has 1 fully saturated rings. The average molecular weight is 419 g/mol. The molecule has 1 saturated heterocycles. The molecule has 0 aromatic rings. The second kappa shape index (κ2) is 9.10. The Morgan fingerprint density at radius 3 is 2.27 bits per heavy atom. The smallest absolute Gasteiger partial charge is 0.338 e. The highest BCUT2D eigenvalue weighted by Crippen LogP contribution is 2.34. The van der Waals surface area contributed by atoms with Gasteiger partial charge in [-0.3, -0.25) is 19.3 Å². The molecule has 0 aromatic carbocycles. The van der Waals surface area contributed by atoms with Gasteiger partial charge in [-0.2, -0.15) is 0 Å². The minimum Gasteiger partial charge on any atom is -0.463 e. The summed E-state index contributed by atoms with van der Waals surface area (Å²) in [6.07, 6.45) is 5.12. The van der Waals surface area contributed by atoms with E-state index >= 15 is 0 Å². The predicted molar refractivity (Wildman–Crippen MR) is 102 cm³/mol. The summed E-state index contributed by atoms with van der Waals surface area (Å²) >= 11 is 0. The maximum atomic E-state index is 12.5. The number of ether oxygens (including phenoxy) is 2. The maximum absolute atomic E-state index is 12.5. The van der Waals surface area contributed by atoms with Crippen molar-refractivity contribution in [1.29, 1.82) is 0 Å². The second-order valence-electron chi connectivity index (χ2n) is 7.25. The Labute approximate surface area is 173 Å². The molecule has 2 heterocycles. The molecule has 3 aliphatic rings. The van der Waals surface area contributed by atoms with Gasteiger partial charge in [0.15, 0.2) is 0 Å². The summed E-state index contributed by atoms with van der Waals surface area (Å²) in [5, 5.41) is 5.09. The number of fused-ring (bicyclic) bond motifs is 1. The molecule has 10 heteroatoms. The van der Waals surface area contributed by atoms with Crippen LogP contribution >= 0.6 is 0 Å². The zero-order chi connectivity index (χ0) is 21.8. The zero-order valence-electron chi connectivity index (χ0n) is 16.9. The topological polar surface area (TPSA) is 131 Å². The molecule has 0 radical (unpaired) electrons. The van der Waals surface area contributed by atoms with E-state index in [2.05, 4.69) is 10.6 Å². The van der Waals surface area contributed by atoms with Crippen molar-refractivity contribution in [2.75, 3.05) is 19.8 Å². The van der Waals surface area contributed by atoms with E-state index in [9.17, 15) is 24.0 Å². The van der Waals surface area contributed by atoms with Gasteiger partial charge in [-0.25, -0.2) is 9.59 Å². The first-order chi connectivity index (χ1) is 14.4. The molecule has 3 rings (SSSR count). The van der Waals surface area contributed by atoms with E-state index in [1.807, 2.05) is 12.2 Å². The fraction of sp³-hybridized carbons (Fsp3) is 0.550. The van der Waals surface area contributed by atoms with Gasteiger partial charge in [-0.1, -0.05) is 19.1 Å². The van der Waals surface area contributed by atoms with Crippen LogP contribution in [0, 0.1) is 11.8 Å². The van der Waals surface area contributed by atoms with Crippen molar-refractivity contribution < 1.29 is 33.4 Å². The van der Waals surface area contributed by atoms with Crippen molar-refractivity contribution >= 4 is 29.8 Å². The van der Waals surface area contributed by atoms with Gasteiger partial charge in [-0.05, 0) is 26.2 Å². The van der Waals surface area contributed by atoms with Crippen LogP contribution in [-0.2, 0) is 28.7 Å². The molecule has 0 spiro atoms. The lowest BCUT2D eigenvalue weighted by Gasteiger charge is -2.28. The van der Waals surface area contributed by atoms with Gasteiger partial charge in [0.2, 0.25) is 11.8 Å². The number of allylic oxidation sites excluding steroid dienone is 2. The minimum atomic E-state index is -0.806. The maximum Gasteiger partial charge on any atom is 0.338 e. The quantitative estimate of drug-likeness (QED) is 0.347. The third kappa shape index (κ3) is 4.22. The summed E-state index contributed by atoms with van der Waals surface area (Å²) in [7, 11) is 0. The molecule has 2 aliphatic heterocycles. The highest BCUT2D eigenvalue weighted by molar-refractivity contribution is 6.07. The van der Waals surface area contributed by atoms with Crippen LogP contribution < -0.4 is 10.6 Å². The van der Waals surface area contributed by atoms with E-state index in [-0.39, 0.29) is 36.3 Å². The van der Waals surface area contributed by atoms with Gasteiger partial charge < -0.3 is 20.1 Å². The molecule has 1 aliphatic carbocycles. The van der Waals surface area contributed by atoms with Gasteiger partial charge in [0.05, 0.1) is 35.8 Å². The Kier molecular flexibility index (Phi) is 6.53. The zero-order valence-corrected chi connectivity index (χ0v) is 16.9. The SMILES string of the molecule is CCOC(=O)C1=C(COC(=O)CN2C(=O)[C@H]3CC=CC[C@H]3C2=O)NC(=O)N[C@H]1CC. The molecule has 0 aromatic heterocycles. The third-order valence-electron chi connectivity index (χ3n) is 5.41. The summed E-state index contributed by atoms with van der Waals surface area (Å²) in [6.45, 7) is 2.71. The molecular weight excluding hydrogens is 394 g/mol. The van der Waals surface area contributed by atoms with E-state index in [0.717, 1.165) is 4.90 Å². The summed E-state index contributed by atoms with van der Waals surface area (Å²) in [5.74, 6) is -3.04. The van der Waals surface area contributed by atoms with Gasteiger partial charge >= 0.3 is 18.0 Å². The van der Waals surface area contributed by atoms with Gasteiger partial charge in [-0.15, -0.1) is 0 Å². The summed E-state index contributed by atoms with van der Waals surface area (Å²) < 4.78 is 10.2. The first kappa shape index (κ1) is 21.5. The largest absolute Gasteiger partial charge is 0.463 e. The van der Waals surface area contributed by atoms with Gasteiger partial charge in [0.1, 0.15) is 13.2 Å². The van der Waals surface area contributed by atoms with Crippen molar-refractivity contribution in [2.24, 2.45) is 11.8 Å². The Balaban J connectivity index is 1.67. The normalized spacial score (nSPS) is 25.6. The number of carbonyl (C=O) groups is 5. The first-order valence-electron chi connectivity index (χ1n) is 10.0. The monoisotopic (exact) mass is 419 g/mol. The molecule has 4 amide bonds. The number of hydrogen-bond acceptors (Lipinski definition) is 7. The molecule has 2 N–H and O–H groups in total. The molecule has 3 atom stereocenters. The fourth-order valence-corrected chi connectivity index (χ4v) is 3.93. The van der Waals surface area contributed by atoms with E-state index < -0.39 is 42.4 Å². The highest BCUT2D eigenvalue weighted by Gasteiger charge is 2.47. The van der Waals surface area contributed by atoms with Crippen LogP contribution in [-0.4, -0.2) is 60.5 Å². The van der Waals surface area contributed by atoms with Crippen LogP contribution in [0.2, 0.25) is 0 Å². The lowest BCUT2D eigenvalue weighted by molar-refractivity contribution is -0.152. The second-order valence-corrected chi connectivity index (χ2v) is 7.25. The Bertz CT molecular complexity index is 806. The van der Waals surface area contributed by atoms with Crippen LogP contribution in [0.4, 0.5) is 4.79 Å². The van der Waals surface area contributed by atoms with Crippen molar-refractivity contribution in [3.8, 4) is 0 Å². The van der Waals surface area contributed by atoms with Crippen LogP contribution in [0.1, 0.15) is 33.1 Å². The lowest BCUT2D eigenvalue weighted by atomic mass is 9.85.